The number of halogens is 1. The third-order valence-corrected chi connectivity index (χ3v) is 7.55. The molecule has 7 nitrogen and oxygen atoms in total. The van der Waals surface area contributed by atoms with Gasteiger partial charge < -0.3 is 10.1 Å². The number of sulfone groups is 1. The summed E-state index contributed by atoms with van der Waals surface area (Å²) in [5.74, 6) is -3.02. The number of hydrogen-bond donors (Lipinski definition) is 2. The fourth-order valence-electron chi connectivity index (χ4n) is 2.85. The molecular weight excluding hydrogens is 460 g/mol. The first-order valence-corrected chi connectivity index (χ1v) is 12.2. The van der Waals surface area contributed by atoms with Crippen LogP contribution in [0.4, 0.5) is 0 Å². The highest BCUT2D eigenvalue weighted by Gasteiger charge is 2.27. The van der Waals surface area contributed by atoms with Gasteiger partial charge in [-0.25, -0.2) is 13.4 Å². The summed E-state index contributed by atoms with van der Waals surface area (Å²) in [5, 5.41) is 10.4. The molecule has 0 aliphatic heterocycles. The van der Waals surface area contributed by atoms with Gasteiger partial charge in [0.05, 0.1) is 16.6 Å². The van der Waals surface area contributed by atoms with Gasteiger partial charge in [0.2, 0.25) is 0 Å². The molecule has 31 heavy (non-hydrogen) atoms. The Morgan fingerprint density at radius 3 is 2.26 bits per heavy atom. The molecule has 1 unspecified atom stereocenters. The van der Waals surface area contributed by atoms with Crippen LogP contribution in [0.25, 0.3) is 11.1 Å². The second-order valence-corrected chi connectivity index (χ2v) is 10.3. The van der Waals surface area contributed by atoms with Crippen LogP contribution in [0.15, 0.2) is 69.4 Å². The molecule has 1 atom stereocenters. The van der Waals surface area contributed by atoms with Crippen molar-refractivity contribution in [2.45, 2.75) is 17.0 Å². The van der Waals surface area contributed by atoms with Crippen LogP contribution < -0.4 is 5.56 Å². The van der Waals surface area contributed by atoms with Gasteiger partial charge >= 0.3 is 5.97 Å². The predicted molar refractivity (Wildman–Crippen MR) is 120 cm³/mol. The van der Waals surface area contributed by atoms with Gasteiger partial charge in [-0.2, -0.15) is 0 Å². The number of hydrogen-bond acceptors (Lipinski definition) is 6. The topological polar surface area (TPSA) is 117 Å². The summed E-state index contributed by atoms with van der Waals surface area (Å²) in [6.07, 6.45) is 0. The van der Waals surface area contributed by atoms with Crippen molar-refractivity contribution >= 4 is 39.2 Å². The molecule has 0 bridgehead atoms. The second kappa shape index (κ2) is 9.67. The van der Waals surface area contributed by atoms with Crippen LogP contribution in [0, 0.1) is 12.8 Å². The van der Waals surface area contributed by atoms with Gasteiger partial charge in [0, 0.05) is 22.5 Å². The maximum atomic E-state index is 12.8. The van der Waals surface area contributed by atoms with Crippen LogP contribution in [0.3, 0.4) is 0 Å². The van der Waals surface area contributed by atoms with E-state index in [0.717, 1.165) is 22.9 Å². The largest absolute Gasteiger partial charge is 0.481 e. The highest BCUT2D eigenvalue weighted by molar-refractivity contribution is 7.99. The van der Waals surface area contributed by atoms with Crippen LogP contribution in [-0.4, -0.2) is 41.0 Å². The quantitative estimate of drug-likeness (QED) is 0.374. The molecule has 10 heteroatoms. The zero-order valence-electron chi connectivity index (χ0n) is 16.4. The highest BCUT2D eigenvalue weighted by Crippen LogP contribution is 2.25. The van der Waals surface area contributed by atoms with E-state index in [0.29, 0.717) is 10.7 Å². The van der Waals surface area contributed by atoms with Crippen molar-refractivity contribution in [2.75, 3.05) is 11.5 Å². The van der Waals surface area contributed by atoms with E-state index in [2.05, 4.69) is 9.97 Å². The monoisotopic (exact) mass is 478 g/mol. The molecule has 0 radical (unpaired) electrons. The molecule has 0 saturated carbocycles. The van der Waals surface area contributed by atoms with E-state index in [1.807, 2.05) is 12.1 Å². The molecule has 1 aromatic heterocycles. The molecule has 0 fully saturated rings. The van der Waals surface area contributed by atoms with Crippen molar-refractivity contribution in [3.63, 3.8) is 0 Å². The third-order valence-electron chi connectivity index (χ3n) is 4.43. The first-order chi connectivity index (χ1) is 14.6. The number of aromatic nitrogens is 2. The lowest BCUT2D eigenvalue weighted by atomic mass is 10.1. The molecular formula is C21H19ClN2O5S2. The number of H-pyrrole nitrogens is 1. The average molecular weight is 479 g/mol. The van der Waals surface area contributed by atoms with Crippen LogP contribution in [0.1, 0.15) is 5.69 Å². The number of aryl methyl sites for hydroxylation is 1. The summed E-state index contributed by atoms with van der Waals surface area (Å²) < 4.78 is 25.6. The van der Waals surface area contributed by atoms with E-state index < -0.39 is 27.5 Å². The number of aromatic amines is 1. The van der Waals surface area contributed by atoms with Crippen LogP contribution in [0.5, 0.6) is 0 Å². The highest BCUT2D eigenvalue weighted by atomic mass is 35.5. The minimum atomic E-state index is -3.84. The Hall–Kier alpha value is -2.62. The van der Waals surface area contributed by atoms with Gasteiger partial charge in [-0.1, -0.05) is 47.6 Å². The summed E-state index contributed by atoms with van der Waals surface area (Å²) in [6.45, 7) is 1.64. The van der Waals surface area contributed by atoms with Crippen LogP contribution in [-0.2, 0) is 14.6 Å². The smallest absolute Gasteiger partial charge is 0.308 e. The van der Waals surface area contributed by atoms with Crippen molar-refractivity contribution in [1.29, 1.82) is 0 Å². The predicted octanol–water partition coefficient (Wildman–Crippen LogP) is 3.67. The Labute approximate surface area is 188 Å². The molecule has 0 amide bonds. The number of nitrogens with zero attached hydrogens (tertiary/aromatic N) is 1. The lowest BCUT2D eigenvalue weighted by Gasteiger charge is -2.13. The zero-order chi connectivity index (χ0) is 22.6. The fourth-order valence-corrected chi connectivity index (χ4v) is 5.66. The molecule has 0 spiro atoms. The molecule has 3 aromatic rings. The fraction of sp³-hybridized carbons (Fsp3) is 0.190. The van der Waals surface area contributed by atoms with Gasteiger partial charge in [-0.3, -0.25) is 9.59 Å². The Kier molecular flexibility index (Phi) is 7.19. The summed E-state index contributed by atoms with van der Waals surface area (Å²) in [5.41, 5.74) is 1.84. The standard InChI is InChI=1S/C21H19ClN2O5S2/c1-13-10-19(25)24-21(23-13)30-11-16(20(26)27)12-31(28,29)18-8-4-15(5-9-18)14-2-6-17(22)7-3-14/h2-10,16H,11-12H2,1H3,(H,26,27)(H,23,24,25). The Morgan fingerprint density at radius 1 is 1.13 bits per heavy atom. The minimum Gasteiger partial charge on any atom is -0.481 e. The summed E-state index contributed by atoms with van der Waals surface area (Å²) in [6, 6.07) is 14.7. The second-order valence-electron chi connectivity index (χ2n) is 6.85. The van der Waals surface area contributed by atoms with E-state index in [1.165, 1.54) is 18.2 Å². The van der Waals surface area contributed by atoms with Crippen LogP contribution >= 0.6 is 23.4 Å². The Balaban J connectivity index is 1.74. The number of carbonyl (C=O) groups is 1. The van der Waals surface area contributed by atoms with E-state index in [4.69, 9.17) is 11.6 Å². The summed E-state index contributed by atoms with van der Waals surface area (Å²) in [4.78, 5) is 29.8. The number of carboxylic acid groups (broad SMARTS) is 1. The first-order valence-electron chi connectivity index (χ1n) is 9.16. The van der Waals surface area contributed by atoms with E-state index >= 15 is 0 Å². The van der Waals surface area contributed by atoms with Gasteiger partial charge in [0.15, 0.2) is 15.0 Å². The van der Waals surface area contributed by atoms with E-state index in [-0.39, 0.29) is 21.4 Å². The third kappa shape index (κ3) is 6.19. The SMILES string of the molecule is Cc1cc(=O)[nH]c(SCC(CS(=O)(=O)c2ccc(-c3ccc(Cl)cc3)cc2)C(=O)O)n1. The number of rotatable bonds is 8. The number of thioether (sulfide) groups is 1. The van der Waals surface area contributed by atoms with Gasteiger partial charge in [0.25, 0.3) is 5.56 Å². The maximum Gasteiger partial charge on any atom is 0.308 e. The van der Waals surface area contributed by atoms with E-state index in [9.17, 15) is 23.1 Å². The lowest BCUT2D eigenvalue weighted by Crippen LogP contribution is -2.26. The van der Waals surface area contributed by atoms with Gasteiger partial charge in [-0.15, -0.1) is 0 Å². The zero-order valence-corrected chi connectivity index (χ0v) is 18.8. The van der Waals surface area contributed by atoms with Crippen molar-refractivity contribution in [2.24, 2.45) is 5.92 Å². The van der Waals surface area contributed by atoms with E-state index in [1.54, 1.807) is 31.2 Å². The number of benzene rings is 2. The van der Waals surface area contributed by atoms with Crippen molar-refractivity contribution in [1.82, 2.24) is 9.97 Å². The van der Waals surface area contributed by atoms with Crippen molar-refractivity contribution in [3.05, 3.63) is 75.7 Å². The molecule has 162 valence electrons. The summed E-state index contributed by atoms with van der Waals surface area (Å²) >= 11 is 6.89. The Bertz CT molecular complexity index is 1240. The Morgan fingerprint density at radius 2 is 1.71 bits per heavy atom. The molecule has 0 aliphatic rings. The van der Waals surface area contributed by atoms with Gasteiger partial charge in [-0.05, 0) is 42.3 Å². The normalized spacial score (nSPS) is 12.5. The summed E-state index contributed by atoms with van der Waals surface area (Å²) in [7, 11) is -3.84. The number of aliphatic carboxylic acids is 1. The molecule has 0 aliphatic carbocycles. The molecule has 2 aromatic carbocycles. The molecule has 0 saturated heterocycles. The van der Waals surface area contributed by atoms with Crippen LogP contribution in [0.2, 0.25) is 5.02 Å². The number of nitrogens with one attached hydrogen (secondary N) is 1. The molecule has 2 N–H and O–H groups in total. The molecule has 3 rings (SSSR count). The minimum absolute atomic E-state index is 0.0450. The lowest BCUT2D eigenvalue weighted by molar-refractivity contribution is -0.140. The maximum absolute atomic E-state index is 12.8. The molecule has 1 heterocycles. The number of carboxylic acids is 1. The van der Waals surface area contributed by atoms with Gasteiger partial charge in [0.1, 0.15) is 0 Å². The first kappa shape index (κ1) is 23.1. The average Bonchev–Trinajstić information content (AvgIpc) is 2.71. The van der Waals surface area contributed by atoms with Crippen molar-refractivity contribution in [3.8, 4) is 11.1 Å². The van der Waals surface area contributed by atoms with Crippen molar-refractivity contribution < 1.29 is 18.3 Å².